The Morgan fingerprint density at radius 3 is 2.85 bits per heavy atom. The highest BCUT2D eigenvalue weighted by molar-refractivity contribution is 9.10. The van der Waals surface area contributed by atoms with Crippen LogP contribution in [0.3, 0.4) is 0 Å². The lowest BCUT2D eigenvalue weighted by Gasteiger charge is -2.15. The number of benzene rings is 1. The quantitative estimate of drug-likeness (QED) is 0.715. The van der Waals surface area contributed by atoms with Crippen LogP contribution in [0, 0.1) is 18.3 Å². The number of halogens is 1. The topological polar surface area (TPSA) is 41.5 Å². The summed E-state index contributed by atoms with van der Waals surface area (Å²) in [6.45, 7) is 5.77. The Bertz CT molecular complexity index is 454. The second-order valence-corrected chi connectivity index (χ2v) is 5.98. The standard InChI is InChI=1S/C16H22BrNO2/c1-4-7-20-16-6-5-15(17)9-14(16)11-18-10-12(2)8-13(3)19/h1,5-6,9,12-13,18-19H,7-8,10-11H2,2-3H3. The van der Waals surface area contributed by atoms with Crippen molar-refractivity contribution in [1.82, 2.24) is 5.32 Å². The summed E-state index contributed by atoms with van der Waals surface area (Å²) in [5.74, 6) is 3.71. The molecule has 3 nitrogen and oxygen atoms in total. The molecule has 0 aliphatic heterocycles. The van der Waals surface area contributed by atoms with E-state index in [1.807, 2.05) is 25.1 Å². The number of hydrogen-bond donors (Lipinski definition) is 2. The molecule has 0 heterocycles. The van der Waals surface area contributed by atoms with Gasteiger partial charge in [0.1, 0.15) is 12.4 Å². The average molecular weight is 340 g/mol. The van der Waals surface area contributed by atoms with E-state index in [0.29, 0.717) is 12.5 Å². The van der Waals surface area contributed by atoms with Crippen molar-refractivity contribution in [2.24, 2.45) is 5.92 Å². The van der Waals surface area contributed by atoms with E-state index in [0.717, 1.165) is 28.8 Å². The Balaban J connectivity index is 2.53. The molecule has 0 amide bonds. The van der Waals surface area contributed by atoms with Gasteiger partial charge in [-0.25, -0.2) is 0 Å². The summed E-state index contributed by atoms with van der Waals surface area (Å²) in [5, 5.41) is 12.7. The summed E-state index contributed by atoms with van der Waals surface area (Å²) < 4.78 is 6.54. The predicted octanol–water partition coefficient (Wildman–Crippen LogP) is 2.96. The Kier molecular flexibility index (Phi) is 7.68. The van der Waals surface area contributed by atoms with Gasteiger partial charge in [-0.3, -0.25) is 0 Å². The number of aliphatic hydroxyl groups excluding tert-OH is 1. The van der Waals surface area contributed by atoms with Gasteiger partial charge in [0.25, 0.3) is 0 Å². The van der Waals surface area contributed by atoms with Crippen LogP contribution in [0.15, 0.2) is 22.7 Å². The van der Waals surface area contributed by atoms with E-state index in [2.05, 4.69) is 34.1 Å². The molecule has 1 aromatic rings. The monoisotopic (exact) mass is 339 g/mol. The summed E-state index contributed by atoms with van der Waals surface area (Å²) in [5.41, 5.74) is 1.07. The lowest BCUT2D eigenvalue weighted by atomic mass is 10.0. The molecule has 0 spiro atoms. The summed E-state index contributed by atoms with van der Waals surface area (Å²) in [4.78, 5) is 0. The zero-order valence-electron chi connectivity index (χ0n) is 12.0. The minimum absolute atomic E-state index is 0.257. The first kappa shape index (κ1) is 17.0. The van der Waals surface area contributed by atoms with Crippen molar-refractivity contribution in [2.75, 3.05) is 13.2 Å². The molecule has 1 rings (SSSR count). The number of terminal acetylenes is 1. The van der Waals surface area contributed by atoms with Crippen LogP contribution in [0.4, 0.5) is 0 Å². The van der Waals surface area contributed by atoms with Gasteiger partial charge in [0.2, 0.25) is 0 Å². The lowest BCUT2D eigenvalue weighted by Crippen LogP contribution is -2.23. The first-order valence-corrected chi connectivity index (χ1v) is 7.55. The number of rotatable bonds is 8. The maximum atomic E-state index is 9.34. The van der Waals surface area contributed by atoms with Crippen LogP contribution in [0.1, 0.15) is 25.8 Å². The molecule has 2 N–H and O–H groups in total. The summed E-state index contributed by atoms with van der Waals surface area (Å²) in [6.07, 6.45) is 5.76. The number of nitrogens with one attached hydrogen (secondary N) is 1. The first-order chi connectivity index (χ1) is 9.52. The smallest absolute Gasteiger partial charge is 0.148 e. The fourth-order valence-electron chi connectivity index (χ4n) is 2.07. The van der Waals surface area contributed by atoms with E-state index in [4.69, 9.17) is 11.2 Å². The van der Waals surface area contributed by atoms with Crippen LogP contribution in [-0.2, 0) is 6.54 Å². The molecule has 0 aromatic heterocycles. The zero-order chi connectivity index (χ0) is 15.0. The minimum atomic E-state index is -0.257. The van der Waals surface area contributed by atoms with E-state index in [9.17, 15) is 5.11 Å². The molecule has 0 fully saturated rings. The number of ether oxygens (including phenoxy) is 1. The fourth-order valence-corrected chi connectivity index (χ4v) is 2.47. The van der Waals surface area contributed by atoms with Gasteiger partial charge >= 0.3 is 0 Å². The molecule has 110 valence electrons. The third kappa shape index (κ3) is 6.42. The molecule has 0 radical (unpaired) electrons. The van der Waals surface area contributed by atoms with Crippen LogP contribution in [0.2, 0.25) is 0 Å². The van der Waals surface area contributed by atoms with Gasteiger partial charge in [0.15, 0.2) is 0 Å². The fraction of sp³-hybridized carbons (Fsp3) is 0.500. The molecular formula is C16H22BrNO2. The molecule has 4 heteroatoms. The molecule has 2 atom stereocenters. The van der Waals surface area contributed by atoms with Crippen LogP contribution in [0.5, 0.6) is 5.75 Å². The molecule has 1 aromatic carbocycles. The van der Waals surface area contributed by atoms with Gasteiger partial charge in [0, 0.05) is 16.6 Å². The molecule has 20 heavy (non-hydrogen) atoms. The van der Waals surface area contributed by atoms with Crippen molar-refractivity contribution >= 4 is 15.9 Å². The minimum Gasteiger partial charge on any atom is -0.481 e. The molecule has 0 saturated heterocycles. The second-order valence-electron chi connectivity index (χ2n) is 5.07. The first-order valence-electron chi connectivity index (χ1n) is 6.76. The Morgan fingerprint density at radius 2 is 2.20 bits per heavy atom. The summed E-state index contributed by atoms with van der Waals surface area (Å²) in [7, 11) is 0. The van der Waals surface area contributed by atoms with Crippen molar-refractivity contribution < 1.29 is 9.84 Å². The highest BCUT2D eigenvalue weighted by atomic mass is 79.9. The summed E-state index contributed by atoms with van der Waals surface area (Å²) in [6, 6.07) is 5.88. The van der Waals surface area contributed by atoms with Crippen molar-refractivity contribution in [3.63, 3.8) is 0 Å². The highest BCUT2D eigenvalue weighted by Gasteiger charge is 2.08. The van der Waals surface area contributed by atoms with Gasteiger partial charge in [-0.2, -0.15) is 0 Å². The van der Waals surface area contributed by atoms with E-state index in [1.54, 1.807) is 0 Å². The highest BCUT2D eigenvalue weighted by Crippen LogP contribution is 2.23. The Hall–Kier alpha value is -1.02. The van der Waals surface area contributed by atoms with Crippen molar-refractivity contribution in [3.8, 4) is 18.1 Å². The van der Waals surface area contributed by atoms with E-state index in [1.165, 1.54) is 0 Å². The molecule has 0 aliphatic rings. The van der Waals surface area contributed by atoms with Gasteiger partial charge in [0.05, 0.1) is 6.10 Å². The number of hydrogen-bond acceptors (Lipinski definition) is 3. The average Bonchev–Trinajstić information content (AvgIpc) is 2.37. The molecule has 2 unspecified atom stereocenters. The van der Waals surface area contributed by atoms with Gasteiger partial charge in [-0.1, -0.05) is 28.8 Å². The van der Waals surface area contributed by atoms with E-state index in [-0.39, 0.29) is 12.7 Å². The van der Waals surface area contributed by atoms with Gasteiger partial charge in [-0.15, -0.1) is 6.42 Å². The molecule has 0 bridgehead atoms. The maximum absolute atomic E-state index is 9.34. The van der Waals surface area contributed by atoms with Gasteiger partial charge in [-0.05, 0) is 44.0 Å². The molecular weight excluding hydrogens is 318 g/mol. The van der Waals surface area contributed by atoms with Crippen LogP contribution >= 0.6 is 15.9 Å². The maximum Gasteiger partial charge on any atom is 0.148 e. The predicted molar refractivity (Wildman–Crippen MR) is 85.6 cm³/mol. The largest absolute Gasteiger partial charge is 0.481 e. The number of aliphatic hydroxyl groups is 1. The van der Waals surface area contributed by atoms with Crippen LogP contribution in [0.25, 0.3) is 0 Å². The lowest BCUT2D eigenvalue weighted by molar-refractivity contribution is 0.163. The Labute approximate surface area is 129 Å². The SMILES string of the molecule is C#CCOc1ccc(Br)cc1CNCC(C)CC(C)O. The normalized spacial score (nSPS) is 13.6. The third-order valence-corrected chi connectivity index (χ3v) is 3.38. The van der Waals surface area contributed by atoms with Crippen LogP contribution in [-0.4, -0.2) is 24.4 Å². The second kappa shape index (κ2) is 9.02. The van der Waals surface area contributed by atoms with E-state index >= 15 is 0 Å². The van der Waals surface area contributed by atoms with Crippen molar-refractivity contribution in [2.45, 2.75) is 32.9 Å². The zero-order valence-corrected chi connectivity index (χ0v) is 13.6. The van der Waals surface area contributed by atoms with E-state index < -0.39 is 0 Å². The molecule has 0 aliphatic carbocycles. The van der Waals surface area contributed by atoms with Crippen molar-refractivity contribution in [1.29, 1.82) is 0 Å². The summed E-state index contributed by atoms with van der Waals surface area (Å²) >= 11 is 3.46. The third-order valence-electron chi connectivity index (χ3n) is 2.89. The molecule has 0 saturated carbocycles. The van der Waals surface area contributed by atoms with Crippen LogP contribution < -0.4 is 10.1 Å². The van der Waals surface area contributed by atoms with Crippen molar-refractivity contribution in [3.05, 3.63) is 28.2 Å². The Morgan fingerprint density at radius 1 is 1.45 bits per heavy atom. The van der Waals surface area contributed by atoms with Gasteiger partial charge < -0.3 is 15.2 Å².